The first-order valence-electron chi connectivity index (χ1n) is 8.06. The fourth-order valence-corrected chi connectivity index (χ4v) is 2.82. The van der Waals surface area contributed by atoms with Gasteiger partial charge in [-0.3, -0.25) is 0 Å². The van der Waals surface area contributed by atoms with Crippen LogP contribution >= 0.6 is 0 Å². The summed E-state index contributed by atoms with van der Waals surface area (Å²) in [5, 5.41) is 3.66. The van der Waals surface area contributed by atoms with E-state index >= 15 is 0 Å². The van der Waals surface area contributed by atoms with E-state index in [-0.39, 0.29) is 0 Å². The van der Waals surface area contributed by atoms with Gasteiger partial charge >= 0.3 is 0 Å². The van der Waals surface area contributed by atoms with Gasteiger partial charge in [-0.25, -0.2) is 0 Å². The molecule has 1 unspecified atom stereocenters. The van der Waals surface area contributed by atoms with Crippen molar-refractivity contribution in [2.24, 2.45) is 0 Å². The maximum atomic E-state index is 3.66. The Balaban J connectivity index is 2.87. The molecule has 1 N–H and O–H groups in total. The maximum Gasteiger partial charge on any atom is 0.0335 e. The second-order valence-electron chi connectivity index (χ2n) is 5.72. The summed E-state index contributed by atoms with van der Waals surface area (Å²) in [7, 11) is 0. The summed E-state index contributed by atoms with van der Waals surface area (Å²) in [6.07, 6.45) is 1.18. The van der Waals surface area contributed by atoms with Crippen molar-refractivity contribution in [3.8, 4) is 0 Å². The molecule has 0 aliphatic carbocycles. The SMILES string of the molecule is CCNC(CCN(CC)CC)c1cc(C)c(C)cc1C. The zero-order valence-electron chi connectivity index (χ0n) is 14.2. The summed E-state index contributed by atoms with van der Waals surface area (Å²) in [6, 6.07) is 5.17. The first-order chi connectivity index (χ1) is 9.53. The molecule has 2 heteroatoms. The summed E-state index contributed by atoms with van der Waals surface area (Å²) < 4.78 is 0. The van der Waals surface area contributed by atoms with Crippen LogP contribution in [-0.2, 0) is 0 Å². The van der Waals surface area contributed by atoms with Gasteiger partial charge < -0.3 is 10.2 Å². The van der Waals surface area contributed by atoms with Gasteiger partial charge in [0.25, 0.3) is 0 Å². The highest BCUT2D eigenvalue weighted by Crippen LogP contribution is 2.24. The van der Waals surface area contributed by atoms with Crippen molar-refractivity contribution >= 4 is 0 Å². The van der Waals surface area contributed by atoms with E-state index in [0.29, 0.717) is 6.04 Å². The van der Waals surface area contributed by atoms with Gasteiger partial charge in [-0.15, -0.1) is 0 Å². The highest BCUT2D eigenvalue weighted by molar-refractivity contribution is 5.38. The Labute approximate surface area is 125 Å². The van der Waals surface area contributed by atoms with E-state index < -0.39 is 0 Å². The number of nitrogens with zero attached hydrogens (tertiary/aromatic N) is 1. The van der Waals surface area contributed by atoms with Crippen LogP contribution in [0.25, 0.3) is 0 Å². The summed E-state index contributed by atoms with van der Waals surface area (Å²) in [5.41, 5.74) is 5.68. The topological polar surface area (TPSA) is 15.3 Å². The highest BCUT2D eigenvalue weighted by atomic mass is 15.1. The van der Waals surface area contributed by atoms with Crippen molar-refractivity contribution in [1.29, 1.82) is 0 Å². The first kappa shape index (κ1) is 17.2. The lowest BCUT2D eigenvalue weighted by Gasteiger charge is -2.25. The predicted octanol–water partition coefficient (Wildman–Crippen LogP) is 3.99. The average Bonchev–Trinajstić information content (AvgIpc) is 2.43. The molecular weight excluding hydrogens is 244 g/mol. The van der Waals surface area contributed by atoms with E-state index in [1.807, 2.05) is 0 Å². The number of benzene rings is 1. The second-order valence-corrected chi connectivity index (χ2v) is 5.72. The van der Waals surface area contributed by atoms with Gasteiger partial charge in [0, 0.05) is 6.04 Å². The molecule has 0 aliphatic rings. The van der Waals surface area contributed by atoms with Gasteiger partial charge in [-0.2, -0.15) is 0 Å². The summed E-state index contributed by atoms with van der Waals surface area (Å²) >= 11 is 0. The summed E-state index contributed by atoms with van der Waals surface area (Å²) in [6.45, 7) is 17.8. The molecule has 0 radical (unpaired) electrons. The summed E-state index contributed by atoms with van der Waals surface area (Å²) in [5.74, 6) is 0. The Hall–Kier alpha value is -0.860. The predicted molar refractivity (Wildman–Crippen MR) is 89.5 cm³/mol. The van der Waals surface area contributed by atoms with E-state index in [1.54, 1.807) is 0 Å². The molecule has 0 heterocycles. The molecule has 20 heavy (non-hydrogen) atoms. The van der Waals surface area contributed by atoms with Crippen LogP contribution in [-0.4, -0.2) is 31.1 Å². The average molecular weight is 276 g/mol. The largest absolute Gasteiger partial charge is 0.310 e. The molecule has 0 amide bonds. The van der Waals surface area contributed by atoms with Crippen molar-refractivity contribution in [1.82, 2.24) is 10.2 Å². The zero-order chi connectivity index (χ0) is 15.1. The van der Waals surface area contributed by atoms with Crippen LogP contribution in [0.4, 0.5) is 0 Å². The lowest BCUT2D eigenvalue weighted by molar-refractivity contribution is 0.282. The fraction of sp³-hybridized carbons (Fsp3) is 0.667. The zero-order valence-corrected chi connectivity index (χ0v) is 14.2. The monoisotopic (exact) mass is 276 g/mol. The van der Waals surface area contributed by atoms with Gasteiger partial charge in [0.05, 0.1) is 0 Å². The van der Waals surface area contributed by atoms with Gasteiger partial charge in [0.1, 0.15) is 0 Å². The molecule has 1 rings (SSSR count). The molecule has 114 valence electrons. The normalized spacial score (nSPS) is 12.9. The van der Waals surface area contributed by atoms with Gasteiger partial charge in [0.15, 0.2) is 0 Å². The molecule has 0 bridgehead atoms. The smallest absolute Gasteiger partial charge is 0.0335 e. The van der Waals surface area contributed by atoms with Crippen LogP contribution in [0.5, 0.6) is 0 Å². The third-order valence-electron chi connectivity index (χ3n) is 4.34. The first-order valence-corrected chi connectivity index (χ1v) is 8.06. The minimum atomic E-state index is 0.472. The number of hydrogen-bond donors (Lipinski definition) is 1. The van der Waals surface area contributed by atoms with Crippen LogP contribution in [0.1, 0.15) is 55.5 Å². The van der Waals surface area contributed by atoms with Crippen LogP contribution in [0.2, 0.25) is 0 Å². The van der Waals surface area contributed by atoms with Crippen LogP contribution in [0.3, 0.4) is 0 Å². The molecule has 0 saturated heterocycles. The lowest BCUT2D eigenvalue weighted by Crippen LogP contribution is -2.29. The van der Waals surface area contributed by atoms with Crippen molar-refractivity contribution < 1.29 is 0 Å². The standard InChI is InChI=1S/C18H32N2/c1-7-19-18(10-11-20(8-2)9-3)17-13-15(5)14(4)12-16(17)6/h12-13,18-19H,7-11H2,1-6H3. The number of nitrogens with one attached hydrogen (secondary N) is 1. The third-order valence-corrected chi connectivity index (χ3v) is 4.34. The maximum absolute atomic E-state index is 3.66. The molecule has 0 spiro atoms. The summed E-state index contributed by atoms with van der Waals surface area (Å²) in [4.78, 5) is 2.50. The Morgan fingerprint density at radius 3 is 2.10 bits per heavy atom. The second kappa shape index (κ2) is 8.43. The van der Waals surface area contributed by atoms with E-state index in [2.05, 4.69) is 63.9 Å². The Bertz CT molecular complexity index is 408. The van der Waals surface area contributed by atoms with Crippen molar-refractivity contribution in [2.45, 2.75) is 54.0 Å². The molecule has 1 aromatic carbocycles. The third kappa shape index (κ3) is 4.60. The Kier molecular flexibility index (Phi) is 7.25. The Morgan fingerprint density at radius 2 is 1.55 bits per heavy atom. The molecule has 2 nitrogen and oxygen atoms in total. The van der Waals surface area contributed by atoms with Crippen molar-refractivity contribution in [3.63, 3.8) is 0 Å². The van der Waals surface area contributed by atoms with Gasteiger partial charge in [0.2, 0.25) is 0 Å². The molecule has 0 fully saturated rings. The molecule has 0 saturated carbocycles. The van der Waals surface area contributed by atoms with E-state index in [9.17, 15) is 0 Å². The van der Waals surface area contributed by atoms with Gasteiger partial charge in [-0.1, -0.05) is 32.9 Å². The Morgan fingerprint density at radius 1 is 0.950 bits per heavy atom. The lowest BCUT2D eigenvalue weighted by atomic mass is 9.94. The molecule has 0 aliphatic heterocycles. The molecule has 1 aromatic rings. The molecule has 0 aromatic heterocycles. The van der Waals surface area contributed by atoms with Crippen LogP contribution in [0, 0.1) is 20.8 Å². The van der Waals surface area contributed by atoms with E-state index in [0.717, 1.165) is 26.2 Å². The van der Waals surface area contributed by atoms with Crippen LogP contribution in [0.15, 0.2) is 12.1 Å². The number of hydrogen-bond acceptors (Lipinski definition) is 2. The van der Waals surface area contributed by atoms with Crippen molar-refractivity contribution in [2.75, 3.05) is 26.2 Å². The number of rotatable bonds is 8. The van der Waals surface area contributed by atoms with E-state index in [4.69, 9.17) is 0 Å². The van der Waals surface area contributed by atoms with Crippen LogP contribution < -0.4 is 5.32 Å². The number of aryl methyl sites for hydroxylation is 3. The van der Waals surface area contributed by atoms with Gasteiger partial charge in [-0.05, 0) is 75.6 Å². The minimum Gasteiger partial charge on any atom is -0.310 e. The molecule has 1 atom stereocenters. The highest BCUT2D eigenvalue weighted by Gasteiger charge is 2.15. The minimum absolute atomic E-state index is 0.472. The van der Waals surface area contributed by atoms with Crippen molar-refractivity contribution in [3.05, 3.63) is 34.4 Å². The molecular formula is C18H32N2. The quantitative estimate of drug-likeness (QED) is 0.772. The van der Waals surface area contributed by atoms with E-state index in [1.165, 1.54) is 28.7 Å². The fourth-order valence-electron chi connectivity index (χ4n) is 2.82.